The van der Waals surface area contributed by atoms with E-state index < -0.39 is 0 Å². The predicted molar refractivity (Wildman–Crippen MR) is 104 cm³/mol. The molecule has 6 heteroatoms. The molecule has 1 amide bonds. The lowest BCUT2D eigenvalue weighted by Gasteiger charge is -2.19. The number of nitrogens with one attached hydrogen (secondary N) is 2. The summed E-state index contributed by atoms with van der Waals surface area (Å²) in [6, 6.07) is 9.21. The third-order valence-corrected chi connectivity index (χ3v) is 6.69. The van der Waals surface area contributed by atoms with Crippen molar-refractivity contribution in [2.75, 3.05) is 13.7 Å². The molecule has 2 saturated carbocycles. The van der Waals surface area contributed by atoms with Crippen LogP contribution in [0.15, 0.2) is 42.5 Å². The molecule has 0 saturated heterocycles. The van der Waals surface area contributed by atoms with E-state index in [4.69, 9.17) is 9.47 Å². The Morgan fingerprint density at radius 2 is 2.11 bits per heavy atom. The van der Waals surface area contributed by atoms with Crippen molar-refractivity contribution < 1.29 is 14.3 Å². The minimum absolute atomic E-state index is 0.128. The van der Waals surface area contributed by atoms with Crippen LogP contribution >= 0.6 is 0 Å². The number of aromatic nitrogens is 2. The summed E-state index contributed by atoms with van der Waals surface area (Å²) in [7, 11) is 1.61. The van der Waals surface area contributed by atoms with Crippen LogP contribution in [0.1, 0.15) is 35.4 Å². The Labute approximate surface area is 164 Å². The van der Waals surface area contributed by atoms with Crippen molar-refractivity contribution in [2.45, 2.75) is 25.9 Å². The molecule has 3 aliphatic rings. The number of H-pyrrole nitrogens is 1. The first kappa shape index (κ1) is 17.3. The van der Waals surface area contributed by atoms with Crippen molar-refractivity contribution in [1.29, 1.82) is 0 Å². The summed E-state index contributed by atoms with van der Waals surface area (Å²) in [6.07, 6.45) is 8.71. The van der Waals surface area contributed by atoms with Gasteiger partial charge in [-0.3, -0.25) is 9.89 Å². The molecule has 3 atom stereocenters. The second-order valence-electron chi connectivity index (χ2n) is 8.17. The van der Waals surface area contributed by atoms with Gasteiger partial charge in [0.15, 0.2) is 11.5 Å². The molecule has 1 spiro atoms. The number of carbonyl (C=O) groups excluding carboxylic acids is 1. The summed E-state index contributed by atoms with van der Waals surface area (Å²) in [5, 5.41) is 10.1. The Morgan fingerprint density at radius 1 is 1.29 bits per heavy atom. The zero-order valence-electron chi connectivity index (χ0n) is 16.0. The molecular formula is C22H25N3O3. The maximum absolute atomic E-state index is 12.5. The molecule has 1 heterocycles. The Hall–Kier alpha value is -2.76. The third kappa shape index (κ3) is 2.87. The van der Waals surface area contributed by atoms with Gasteiger partial charge < -0.3 is 14.8 Å². The molecular weight excluding hydrogens is 354 g/mol. The second kappa shape index (κ2) is 6.69. The summed E-state index contributed by atoms with van der Waals surface area (Å²) in [5.74, 6) is 3.16. The largest absolute Gasteiger partial charge is 0.493 e. The third-order valence-electron chi connectivity index (χ3n) is 6.69. The molecule has 2 bridgehead atoms. The van der Waals surface area contributed by atoms with E-state index in [2.05, 4.69) is 27.7 Å². The lowest BCUT2D eigenvalue weighted by Crippen LogP contribution is -2.31. The van der Waals surface area contributed by atoms with Crippen LogP contribution in [-0.2, 0) is 6.61 Å². The number of hydrogen-bond donors (Lipinski definition) is 2. The number of nitrogens with zero attached hydrogens (tertiary/aromatic N) is 1. The maximum atomic E-state index is 12.5. The number of benzene rings is 1. The molecule has 28 heavy (non-hydrogen) atoms. The van der Waals surface area contributed by atoms with Crippen LogP contribution in [0.4, 0.5) is 0 Å². The van der Waals surface area contributed by atoms with Crippen LogP contribution in [-0.4, -0.2) is 29.8 Å². The van der Waals surface area contributed by atoms with Crippen molar-refractivity contribution in [2.24, 2.45) is 23.2 Å². The molecule has 2 fully saturated rings. The summed E-state index contributed by atoms with van der Waals surface area (Å²) in [6.45, 7) is 1.02. The molecule has 0 aliphatic heterocycles. The Morgan fingerprint density at radius 3 is 2.86 bits per heavy atom. The number of hydrogen-bond acceptors (Lipinski definition) is 4. The van der Waals surface area contributed by atoms with E-state index in [1.165, 1.54) is 19.3 Å². The van der Waals surface area contributed by atoms with E-state index in [1.807, 2.05) is 24.3 Å². The van der Waals surface area contributed by atoms with E-state index in [9.17, 15) is 4.79 Å². The Kier molecular flexibility index (Phi) is 4.14. The van der Waals surface area contributed by atoms with Gasteiger partial charge in [-0.1, -0.05) is 24.3 Å². The summed E-state index contributed by atoms with van der Waals surface area (Å²) >= 11 is 0. The highest BCUT2D eigenvalue weighted by Crippen LogP contribution is 2.69. The molecule has 1 aromatic heterocycles. The SMILES string of the molecule is COc1ccccc1OCc1cc(C(=O)NC[C@H]2C[C@H]3C=C[C@@H]2C32CC2)n[nH]1. The van der Waals surface area contributed by atoms with E-state index in [0.29, 0.717) is 41.1 Å². The van der Waals surface area contributed by atoms with E-state index in [-0.39, 0.29) is 5.91 Å². The second-order valence-corrected chi connectivity index (χ2v) is 8.17. The van der Waals surface area contributed by atoms with Gasteiger partial charge in [-0.05, 0) is 60.6 Å². The van der Waals surface area contributed by atoms with Crippen LogP contribution in [0.25, 0.3) is 0 Å². The first-order valence-corrected chi connectivity index (χ1v) is 9.96. The quantitative estimate of drug-likeness (QED) is 0.724. The molecule has 6 nitrogen and oxygen atoms in total. The molecule has 2 aromatic rings. The van der Waals surface area contributed by atoms with Gasteiger partial charge in [-0.2, -0.15) is 5.10 Å². The molecule has 0 unspecified atom stereocenters. The maximum Gasteiger partial charge on any atom is 0.271 e. The van der Waals surface area contributed by atoms with Gasteiger partial charge in [-0.25, -0.2) is 0 Å². The lowest BCUT2D eigenvalue weighted by atomic mass is 9.89. The van der Waals surface area contributed by atoms with Gasteiger partial charge in [0.2, 0.25) is 0 Å². The number of para-hydroxylation sites is 2. The average molecular weight is 379 g/mol. The highest BCUT2D eigenvalue weighted by atomic mass is 16.5. The first-order chi connectivity index (χ1) is 13.7. The topological polar surface area (TPSA) is 76.2 Å². The molecule has 1 aromatic carbocycles. The van der Waals surface area contributed by atoms with Gasteiger partial charge in [0.1, 0.15) is 12.3 Å². The number of allylic oxidation sites excluding steroid dienone is 2. The minimum Gasteiger partial charge on any atom is -0.493 e. The van der Waals surface area contributed by atoms with Gasteiger partial charge in [0.05, 0.1) is 12.8 Å². The normalized spacial score (nSPS) is 25.8. The highest BCUT2D eigenvalue weighted by Gasteiger charge is 2.62. The zero-order valence-corrected chi connectivity index (χ0v) is 16.0. The van der Waals surface area contributed by atoms with Gasteiger partial charge in [-0.15, -0.1) is 0 Å². The van der Waals surface area contributed by atoms with Crippen LogP contribution in [0, 0.1) is 23.2 Å². The molecule has 146 valence electrons. The number of rotatable bonds is 7. The average Bonchev–Trinajstić information content (AvgIpc) is 3.14. The van der Waals surface area contributed by atoms with Crippen molar-refractivity contribution in [3.8, 4) is 11.5 Å². The van der Waals surface area contributed by atoms with Gasteiger partial charge in [0.25, 0.3) is 5.91 Å². The molecule has 0 radical (unpaired) electrons. The Bertz CT molecular complexity index is 915. The number of ether oxygens (including phenoxy) is 2. The fourth-order valence-corrected chi connectivity index (χ4v) is 5.12. The van der Waals surface area contributed by atoms with Crippen molar-refractivity contribution >= 4 is 5.91 Å². The summed E-state index contributed by atoms with van der Waals surface area (Å²) < 4.78 is 11.1. The van der Waals surface area contributed by atoms with E-state index >= 15 is 0 Å². The van der Waals surface area contributed by atoms with Crippen LogP contribution in [0.3, 0.4) is 0 Å². The summed E-state index contributed by atoms with van der Waals surface area (Å²) in [4.78, 5) is 12.5. The monoisotopic (exact) mass is 379 g/mol. The number of aromatic amines is 1. The molecule has 3 aliphatic carbocycles. The zero-order chi connectivity index (χ0) is 19.1. The fourth-order valence-electron chi connectivity index (χ4n) is 5.12. The summed E-state index contributed by atoms with van der Waals surface area (Å²) in [5.41, 5.74) is 1.71. The first-order valence-electron chi connectivity index (χ1n) is 9.96. The van der Waals surface area contributed by atoms with Crippen LogP contribution in [0.2, 0.25) is 0 Å². The number of amides is 1. The smallest absolute Gasteiger partial charge is 0.271 e. The standard InChI is InChI=1S/C22H25N3O3/c1-27-19-4-2-3-5-20(19)28-13-16-11-18(25-24-16)21(26)23-12-14-10-15-6-7-17(14)22(15)8-9-22/h2-7,11,14-15,17H,8-10,12-13H2,1H3,(H,23,26)(H,24,25)/t14-,15-,17+/m1/s1. The highest BCUT2D eigenvalue weighted by molar-refractivity contribution is 5.92. The van der Waals surface area contributed by atoms with Crippen LogP contribution < -0.4 is 14.8 Å². The van der Waals surface area contributed by atoms with Gasteiger partial charge in [0, 0.05) is 6.54 Å². The van der Waals surface area contributed by atoms with Crippen molar-refractivity contribution in [3.63, 3.8) is 0 Å². The number of methoxy groups -OCH3 is 1. The van der Waals surface area contributed by atoms with Gasteiger partial charge >= 0.3 is 0 Å². The molecule has 5 rings (SSSR count). The Balaban J connectivity index is 1.15. The minimum atomic E-state index is -0.128. The fraction of sp³-hybridized carbons (Fsp3) is 0.455. The van der Waals surface area contributed by atoms with Crippen molar-refractivity contribution in [1.82, 2.24) is 15.5 Å². The van der Waals surface area contributed by atoms with E-state index in [1.54, 1.807) is 13.2 Å². The van der Waals surface area contributed by atoms with E-state index in [0.717, 1.165) is 18.2 Å². The number of carbonyl (C=O) groups is 1. The van der Waals surface area contributed by atoms with Crippen molar-refractivity contribution in [3.05, 3.63) is 53.9 Å². The molecule has 2 N–H and O–H groups in total. The predicted octanol–water partition coefficient (Wildman–Crippen LogP) is 3.33. The lowest BCUT2D eigenvalue weighted by molar-refractivity contribution is 0.0939. The van der Waals surface area contributed by atoms with Crippen LogP contribution in [0.5, 0.6) is 11.5 Å².